The lowest BCUT2D eigenvalue weighted by Crippen LogP contribution is -2.47. The molecule has 1 saturated carbocycles. The van der Waals surface area contributed by atoms with Crippen LogP contribution in [0.1, 0.15) is 54.9 Å². The van der Waals surface area contributed by atoms with E-state index in [1.165, 1.54) is 6.92 Å². The minimum absolute atomic E-state index is 0.0254. The Labute approximate surface area is 176 Å². The van der Waals surface area contributed by atoms with Crippen LogP contribution in [0, 0.1) is 29.1 Å². The summed E-state index contributed by atoms with van der Waals surface area (Å²) in [5.41, 5.74) is -0.727. The van der Waals surface area contributed by atoms with Crippen LogP contribution in [0.25, 0.3) is 0 Å². The molecule has 2 rings (SSSR count). The molecule has 9 nitrogen and oxygen atoms in total. The lowest BCUT2D eigenvalue weighted by molar-refractivity contribution is -0.259. The van der Waals surface area contributed by atoms with E-state index in [1.807, 2.05) is 13.8 Å². The molecule has 1 saturated heterocycles. The fourth-order valence-electron chi connectivity index (χ4n) is 3.83. The van der Waals surface area contributed by atoms with Crippen LogP contribution in [0.15, 0.2) is 0 Å². The summed E-state index contributed by atoms with van der Waals surface area (Å²) in [4.78, 5) is 56.4. The SMILES string of the molecule is CC(=O)OC[C@@H]1O[C@H](CC(C)C)[C@@H](OC(=O)C(C)(C)C)[C@H]2C(C(=O)OOC(C)=O)[C@@H]21. The molecule has 0 bridgehead atoms. The first-order valence-corrected chi connectivity index (χ1v) is 10.2. The summed E-state index contributed by atoms with van der Waals surface area (Å²) >= 11 is 0. The van der Waals surface area contributed by atoms with Crippen molar-refractivity contribution in [1.82, 2.24) is 0 Å². The van der Waals surface area contributed by atoms with Gasteiger partial charge in [-0.05, 0) is 33.1 Å². The van der Waals surface area contributed by atoms with Gasteiger partial charge >= 0.3 is 23.9 Å². The van der Waals surface area contributed by atoms with E-state index in [1.54, 1.807) is 20.8 Å². The summed E-state index contributed by atoms with van der Waals surface area (Å²) < 4.78 is 17.1. The molecule has 1 unspecified atom stereocenters. The number of hydrogen-bond donors (Lipinski definition) is 0. The predicted molar refractivity (Wildman–Crippen MR) is 102 cm³/mol. The van der Waals surface area contributed by atoms with Crippen LogP contribution < -0.4 is 0 Å². The van der Waals surface area contributed by atoms with Crippen molar-refractivity contribution in [3.8, 4) is 0 Å². The van der Waals surface area contributed by atoms with Gasteiger partial charge in [0.15, 0.2) is 0 Å². The van der Waals surface area contributed by atoms with Gasteiger partial charge in [-0.1, -0.05) is 13.8 Å². The van der Waals surface area contributed by atoms with E-state index in [0.717, 1.165) is 6.92 Å². The van der Waals surface area contributed by atoms with Crippen molar-refractivity contribution < 1.29 is 43.2 Å². The maximum atomic E-state index is 12.6. The average Bonchev–Trinajstić information content (AvgIpc) is 3.34. The largest absolute Gasteiger partial charge is 0.463 e. The summed E-state index contributed by atoms with van der Waals surface area (Å²) in [6.45, 7) is 11.6. The first-order chi connectivity index (χ1) is 13.8. The predicted octanol–water partition coefficient (Wildman–Crippen LogP) is 2.20. The van der Waals surface area contributed by atoms with Crippen molar-refractivity contribution in [3.63, 3.8) is 0 Å². The van der Waals surface area contributed by atoms with E-state index in [4.69, 9.17) is 14.2 Å². The second-order valence-corrected chi connectivity index (χ2v) is 9.42. The molecule has 0 aromatic rings. The lowest BCUT2D eigenvalue weighted by atomic mass is 9.93. The third kappa shape index (κ3) is 5.93. The maximum absolute atomic E-state index is 12.6. The highest BCUT2D eigenvalue weighted by atomic mass is 17.2. The Bertz CT molecular complexity index is 678. The normalized spacial score (nSPS) is 30.1. The van der Waals surface area contributed by atoms with Gasteiger partial charge in [-0.2, -0.15) is 0 Å². The van der Waals surface area contributed by atoms with E-state index in [-0.39, 0.29) is 24.4 Å². The van der Waals surface area contributed by atoms with Gasteiger partial charge in [-0.25, -0.2) is 19.4 Å². The molecule has 0 amide bonds. The van der Waals surface area contributed by atoms with Crippen LogP contribution in [-0.2, 0) is 43.2 Å². The monoisotopic (exact) mass is 428 g/mol. The van der Waals surface area contributed by atoms with Crippen LogP contribution in [0.3, 0.4) is 0 Å². The molecule has 1 heterocycles. The Morgan fingerprint density at radius 1 is 0.933 bits per heavy atom. The van der Waals surface area contributed by atoms with E-state index >= 15 is 0 Å². The zero-order valence-electron chi connectivity index (χ0n) is 18.6. The van der Waals surface area contributed by atoms with Crippen LogP contribution in [-0.4, -0.2) is 48.8 Å². The molecular formula is C21H32O9. The number of fused-ring (bicyclic) bond motifs is 1. The van der Waals surface area contributed by atoms with E-state index in [9.17, 15) is 19.2 Å². The highest BCUT2D eigenvalue weighted by Crippen LogP contribution is 2.58. The number of ether oxygens (including phenoxy) is 3. The molecular weight excluding hydrogens is 396 g/mol. The Kier molecular flexibility index (Phi) is 7.49. The second-order valence-electron chi connectivity index (χ2n) is 9.42. The van der Waals surface area contributed by atoms with E-state index in [0.29, 0.717) is 6.42 Å². The highest BCUT2D eigenvalue weighted by molar-refractivity contribution is 5.79. The maximum Gasteiger partial charge on any atom is 0.359 e. The van der Waals surface area contributed by atoms with Gasteiger partial charge in [0.05, 0.1) is 23.5 Å². The minimum atomic E-state index is -0.756. The van der Waals surface area contributed by atoms with Gasteiger partial charge in [0, 0.05) is 25.7 Å². The summed E-state index contributed by atoms with van der Waals surface area (Å²) in [6.07, 6.45) is -1.09. The molecule has 2 fully saturated rings. The quantitative estimate of drug-likeness (QED) is 0.357. The molecule has 0 aromatic carbocycles. The standard InChI is InChI=1S/C21H32O9/c1-10(2)8-13-18(28-20(25)21(5,6)7)16-15(14(27-13)9-26-11(3)22)17(16)19(24)30-29-12(4)23/h10,13-18H,8-9H2,1-7H3/t13-,14+,15-,16-,17?,18-/m1/s1. The first-order valence-electron chi connectivity index (χ1n) is 10.2. The molecule has 0 N–H and O–H groups in total. The number of carbonyl (C=O) groups excluding carboxylic acids is 4. The molecule has 0 spiro atoms. The van der Waals surface area contributed by atoms with Gasteiger partial charge < -0.3 is 14.2 Å². The minimum Gasteiger partial charge on any atom is -0.463 e. The third-order valence-corrected chi connectivity index (χ3v) is 5.18. The van der Waals surface area contributed by atoms with Crippen LogP contribution in [0.2, 0.25) is 0 Å². The fourth-order valence-corrected chi connectivity index (χ4v) is 3.83. The van der Waals surface area contributed by atoms with Crippen LogP contribution in [0.4, 0.5) is 0 Å². The van der Waals surface area contributed by atoms with Gasteiger partial charge in [0.2, 0.25) is 0 Å². The Morgan fingerprint density at radius 2 is 1.57 bits per heavy atom. The van der Waals surface area contributed by atoms with Crippen molar-refractivity contribution in [1.29, 1.82) is 0 Å². The van der Waals surface area contributed by atoms with Gasteiger partial charge in [0.1, 0.15) is 12.7 Å². The topological polar surface area (TPSA) is 114 Å². The summed E-state index contributed by atoms with van der Waals surface area (Å²) in [7, 11) is 0. The molecule has 0 radical (unpaired) electrons. The van der Waals surface area contributed by atoms with Crippen molar-refractivity contribution in [2.24, 2.45) is 29.1 Å². The van der Waals surface area contributed by atoms with Crippen LogP contribution >= 0.6 is 0 Å². The zero-order chi connectivity index (χ0) is 22.8. The highest BCUT2D eigenvalue weighted by Gasteiger charge is 2.69. The van der Waals surface area contributed by atoms with Gasteiger partial charge in [0.25, 0.3) is 0 Å². The number of hydrogen-bond acceptors (Lipinski definition) is 9. The van der Waals surface area contributed by atoms with Crippen molar-refractivity contribution in [2.45, 2.75) is 73.2 Å². The summed E-state index contributed by atoms with van der Waals surface area (Å²) in [5, 5.41) is 0. The van der Waals surface area contributed by atoms with Crippen molar-refractivity contribution >= 4 is 23.9 Å². The van der Waals surface area contributed by atoms with E-state index in [2.05, 4.69) is 9.78 Å². The molecule has 2 aliphatic rings. The summed E-state index contributed by atoms with van der Waals surface area (Å²) in [5.74, 6) is -3.57. The van der Waals surface area contributed by atoms with Gasteiger partial charge in [-0.15, -0.1) is 0 Å². The Balaban J connectivity index is 2.27. The first kappa shape index (κ1) is 24.1. The van der Waals surface area contributed by atoms with Crippen molar-refractivity contribution in [2.75, 3.05) is 6.61 Å². The third-order valence-electron chi connectivity index (χ3n) is 5.18. The molecule has 6 atom stereocenters. The zero-order valence-corrected chi connectivity index (χ0v) is 18.6. The number of carbonyl (C=O) groups is 4. The van der Waals surface area contributed by atoms with Crippen molar-refractivity contribution in [3.05, 3.63) is 0 Å². The molecule has 170 valence electrons. The Morgan fingerprint density at radius 3 is 2.07 bits per heavy atom. The lowest BCUT2D eigenvalue weighted by Gasteiger charge is -2.37. The van der Waals surface area contributed by atoms with E-state index < -0.39 is 53.5 Å². The summed E-state index contributed by atoms with van der Waals surface area (Å²) in [6, 6.07) is 0. The fraction of sp³-hybridized carbons (Fsp3) is 0.810. The second kappa shape index (κ2) is 9.32. The molecule has 1 aliphatic carbocycles. The average molecular weight is 428 g/mol. The number of esters is 2. The smallest absolute Gasteiger partial charge is 0.359 e. The molecule has 0 aromatic heterocycles. The van der Waals surface area contributed by atoms with Gasteiger partial charge in [-0.3, -0.25) is 9.59 Å². The molecule has 9 heteroatoms. The molecule has 30 heavy (non-hydrogen) atoms. The van der Waals surface area contributed by atoms with Crippen LogP contribution in [0.5, 0.6) is 0 Å². The molecule has 1 aliphatic heterocycles. The Hall–Kier alpha value is -2.16. The number of rotatable bonds is 6.